The fourth-order valence-corrected chi connectivity index (χ4v) is 7.86. The van der Waals surface area contributed by atoms with Crippen molar-refractivity contribution in [2.75, 3.05) is 44.7 Å². The van der Waals surface area contributed by atoms with Crippen LogP contribution >= 0.6 is 11.6 Å². The van der Waals surface area contributed by atoms with E-state index in [1.54, 1.807) is 0 Å². The molecule has 12 heteroatoms. The van der Waals surface area contributed by atoms with Crippen molar-refractivity contribution >= 4 is 34.3 Å². The molecule has 4 aliphatic rings. The molecule has 1 unspecified atom stereocenters. The lowest BCUT2D eigenvalue weighted by molar-refractivity contribution is 0.0660. The number of carbonyl (C=O) groups is 1. The number of halogens is 3. The smallest absolute Gasteiger partial charge is 0.340 e. The fourth-order valence-electron chi connectivity index (χ4n) is 7.51. The van der Waals surface area contributed by atoms with Crippen molar-refractivity contribution in [2.24, 2.45) is 5.41 Å². The minimum absolute atomic E-state index is 0.0147. The Hall–Kier alpha value is -3.28. The molecule has 3 atom stereocenters. The van der Waals surface area contributed by atoms with Crippen molar-refractivity contribution in [1.82, 2.24) is 20.2 Å². The Balaban J connectivity index is 1.41. The Bertz CT molecular complexity index is 1660. The highest BCUT2D eigenvalue weighted by atomic mass is 35.5. The van der Waals surface area contributed by atoms with Crippen LogP contribution in [0.15, 0.2) is 12.1 Å². The molecule has 0 spiro atoms. The number of phenols is 1. The summed E-state index contributed by atoms with van der Waals surface area (Å²) in [6.07, 6.45) is 5.39. The van der Waals surface area contributed by atoms with Crippen LogP contribution in [0.25, 0.3) is 22.0 Å². The quantitative estimate of drug-likeness (QED) is 0.310. The zero-order valence-electron chi connectivity index (χ0n) is 24.8. The van der Waals surface area contributed by atoms with Crippen molar-refractivity contribution in [1.29, 1.82) is 0 Å². The van der Waals surface area contributed by atoms with Gasteiger partial charge in [0.2, 0.25) is 0 Å². The van der Waals surface area contributed by atoms with E-state index in [2.05, 4.69) is 29.2 Å². The highest BCUT2D eigenvalue weighted by molar-refractivity contribution is 6.32. The first-order valence-corrected chi connectivity index (χ1v) is 15.7. The Labute approximate surface area is 259 Å². The van der Waals surface area contributed by atoms with Crippen LogP contribution in [0.1, 0.15) is 67.3 Å². The van der Waals surface area contributed by atoms with Gasteiger partial charge in [-0.15, -0.1) is 0 Å². The first-order valence-electron chi connectivity index (χ1n) is 15.3. The molecule has 4 heterocycles. The summed E-state index contributed by atoms with van der Waals surface area (Å²) in [6, 6.07) is 2.77. The number of ether oxygens (including phenoxy) is 1. The summed E-state index contributed by atoms with van der Waals surface area (Å²) in [5.41, 5.74) is -1.42. The van der Waals surface area contributed by atoms with Crippen LogP contribution in [0.5, 0.6) is 11.8 Å². The number of benzene rings is 2. The summed E-state index contributed by atoms with van der Waals surface area (Å²) in [4.78, 5) is 25.9. The Kier molecular flexibility index (Phi) is 7.33. The summed E-state index contributed by atoms with van der Waals surface area (Å²) < 4.78 is 39.3. The molecule has 2 aromatic carbocycles. The van der Waals surface area contributed by atoms with Gasteiger partial charge in [0.25, 0.3) is 0 Å². The number of piperazine rings is 1. The van der Waals surface area contributed by atoms with Crippen molar-refractivity contribution in [3.8, 4) is 22.9 Å². The Morgan fingerprint density at radius 1 is 1.16 bits per heavy atom. The number of nitrogens with zero attached hydrogens (tertiary/aromatic N) is 4. The molecule has 3 aromatic rings. The van der Waals surface area contributed by atoms with Gasteiger partial charge in [-0.1, -0.05) is 18.5 Å². The lowest BCUT2D eigenvalue weighted by atomic mass is 9.83. The average Bonchev–Trinajstić information content (AvgIpc) is 3.74. The number of aromatic hydroxyl groups is 1. The summed E-state index contributed by atoms with van der Waals surface area (Å²) >= 11 is 6.48. The number of piperidine rings is 1. The third kappa shape index (κ3) is 5.22. The zero-order valence-corrected chi connectivity index (χ0v) is 25.6. The molecule has 0 radical (unpaired) electrons. The second-order valence-corrected chi connectivity index (χ2v) is 13.8. The van der Waals surface area contributed by atoms with Crippen LogP contribution in [-0.4, -0.2) is 83.0 Å². The number of hydrogen-bond acceptors (Lipinski definition) is 8. The molecule has 1 aromatic heterocycles. The predicted molar refractivity (Wildman–Crippen MR) is 163 cm³/mol. The fraction of sp³-hybridized carbons (Fsp3) is 0.531. The molecule has 2 bridgehead atoms. The molecule has 3 aliphatic heterocycles. The van der Waals surface area contributed by atoms with Crippen molar-refractivity contribution in [3.05, 3.63) is 39.9 Å². The third-order valence-electron chi connectivity index (χ3n) is 9.63. The standard InChI is InChI=1S/C32H36ClF2N5O4/c1-32(8-3-9-39(2)14-32)15-44-31-37-28-19(29(38-31)40-12-17-6-7-18(13-40)36-17)10-21(34)24(27(28)35)26-23(16-4-5-16)20(33)11-22(41)25(26)30(42)43/h10-11,16-18,36,41H,3-9,12-15H2,1-2H3,(H,42,43)/t17-,18+,32?. The van der Waals surface area contributed by atoms with Crippen LogP contribution < -0.4 is 15.0 Å². The van der Waals surface area contributed by atoms with E-state index >= 15 is 8.78 Å². The Morgan fingerprint density at radius 3 is 2.55 bits per heavy atom. The van der Waals surface area contributed by atoms with E-state index in [0.717, 1.165) is 44.8 Å². The lowest BCUT2D eigenvalue weighted by Gasteiger charge is -2.38. The first-order chi connectivity index (χ1) is 21.0. The SMILES string of the molecule is CN1CCCC(C)(COc2nc(N3C[C@H]4CC[C@@H](C3)N4)c3cc(F)c(-c4c(C(=O)O)c(O)cc(Cl)c4C4CC4)c(F)c3n2)C1. The van der Waals surface area contributed by atoms with Gasteiger partial charge < -0.3 is 30.1 Å². The van der Waals surface area contributed by atoms with Crippen LogP contribution in [0.2, 0.25) is 5.02 Å². The van der Waals surface area contributed by atoms with Crippen LogP contribution in [0.4, 0.5) is 14.6 Å². The second-order valence-electron chi connectivity index (χ2n) is 13.4. The van der Waals surface area contributed by atoms with Crippen molar-refractivity contribution < 1.29 is 28.5 Å². The van der Waals surface area contributed by atoms with Gasteiger partial charge in [0, 0.05) is 53.1 Å². The van der Waals surface area contributed by atoms with Gasteiger partial charge in [0.05, 0.1) is 12.2 Å². The van der Waals surface area contributed by atoms with Gasteiger partial charge in [0.15, 0.2) is 5.82 Å². The number of anilines is 1. The van der Waals surface area contributed by atoms with Gasteiger partial charge >= 0.3 is 12.0 Å². The number of nitrogens with one attached hydrogen (secondary N) is 1. The maximum Gasteiger partial charge on any atom is 0.340 e. The lowest BCUT2D eigenvalue weighted by Crippen LogP contribution is -2.51. The van der Waals surface area contributed by atoms with Crippen LogP contribution in [0.3, 0.4) is 0 Å². The molecule has 234 valence electrons. The molecule has 1 saturated carbocycles. The van der Waals surface area contributed by atoms with Crippen LogP contribution in [-0.2, 0) is 0 Å². The molecular formula is C32H36ClF2N5O4. The van der Waals surface area contributed by atoms with Gasteiger partial charge in [-0.2, -0.15) is 9.97 Å². The van der Waals surface area contributed by atoms with Crippen LogP contribution in [0, 0.1) is 17.0 Å². The summed E-state index contributed by atoms with van der Waals surface area (Å²) in [7, 11) is 2.07. The maximum atomic E-state index is 16.9. The van der Waals surface area contributed by atoms with E-state index in [1.165, 1.54) is 6.07 Å². The molecule has 44 heavy (non-hydrogen) atoms. The van der Waals surface area contributed by atoms with E-state index < -0.39 is 34.5 Å². The molecule has 9 nitrogen and oxygen atoms in total. The molecule has 7 rings (SSSR count). The zero-order chi connectivity index (χ0) is 30.9. The predicted octanol–water partition coefficient (Wildman–Crippen LogP) is 5.56. The molecular weight excluding hydrogens is 592 g/mol. The highest BCUT2D eigenvalue weighted by Crippen LogP contribution is 2.52. The van der Waals surface area contributed by atoms with Crippen molar-refractivity contribution in [2.45, 2.75) is 63.5 Å². The topological polar surface area (TPSA) is 111 Å². The molecule has 3 saturated heterocycles. The minimum Gasteiger partial charge on any atom is -0.507 e. The molecule has 1 aliphatic carbocycles. The molecule has 4 fully saturated rings. The van der Waals surface area contributed by atoms with Gasteiger partial charge in [-0.3, -0.25) is 0 Å². The number of carboxylic acids is 1. The van der Waals surface area contributed by atoms with E-state index in [-0.39, 0.29) is 50.9 Å². The number of likely N-dealkylation sites (tertiary alicyclic amines) is 1. The monoisotopic (exact) mass is 627 g/mol. The highest BCUT2D eigenvalue weighted by Gasteiger charge is 2.38. The number of fused-ring (bicyclic) bond motifs is 3. The number of carboxylic acid groups (broad SMARTS) is 1. The normalized spacial score (nSPS) is 25.5. The first kappa shape index (κ1) is 29.4. The van der Waals surface area contributed by atoms with E-state index in [4.69, 9.17) is 21.3 Å². The van der Waals surface area contributed by atoms with Crippen molar-refractivity contribution in [3.63, 3.8) is 0 Å². The van der Waals surface area contributed by atoms with Gasteiger partial charge in [-0.25, -0.2) is 13.6 Å². The second kappa shape index (κ2) is 11.0. The number of hydrogen-bond donors (Lipinski definition) is 3. The average molecular weight is 628 g/mol. The third-order valence-corrected chi connectivity index (χ3v) is 9.94. The number of aromatic nitrogens is 2. The van der Waals surface area contributed by atoms with Gasteiger partial charge in [-0.05, 0) is 75.7 Å². The Morgan fingerprint density at radius 2 is 1.89 bits per heavy atom. The number of rotatable bonds is 7. The summed E-state index contributed by atoms with van der Waals surface area (Å²) in [5, 5.41) is 24.5. The van der Waals surface area contributed by atoms with E-state index in [9.17, 15) is 15.0 Å². The van der Waals surface area contributed by atoms with E-state index in [0.29, 0.717) is 43.9 Å². The van der Waals surface area contributed by atoms with E-state index in [1.807, 2.05) is 4.90 Å². The summed E-state index contributed by atoms with van der Waals surface area (Å²) in [5.74, 6) is -3.97. The minimum atomic E-state index is -1.51. The number of aromatic carboxylic acids is 1. The molecule has 3 N–H and O–H groups in total. The summed E-state index contributed by atoms with van der Waals surface area (Å²) in [6.45, 7) is 5.54. The molecule has 0 amide bonds. The van der Waals surface area contributed by atoms with Gasteiger partial charge in [0.1, 0.15) is 28.5 Å². The largest absolute Gasteiger partial charge is 0.507 e. The maximum absolute atomic E-state index is 16.9.